The minimum atomic E-state index is -3.86. The number of rotatable bonds is 3. The Bertz CT molecular complexity index is 973. The van der Waals surface area contributed by atoms with Crippen LogP contribution in [0.1, 0.15) is 12.0 Å². The Labute approximate surface area is 143 Å². The molecule has 0 spiro atoms. The summed E-state index contributed by atoms with van der Waals surface area (Å²) in [6.07, 6.45) is 1.33. The molecule has 0 aliphatic carbocycles. The van der Waals surface area contributed by atoms with E-state index in [0.29, 0.717) is 30.0 Å². The lowest BCUT2D eigenvalue weighted by Gasteiger charge is -2.30. The van der Waals surface area contributed by atoms with Crippen LogP contribution < -0.4 is 13.8 Å². The van der Waals surface area contributed by atoms with Gasteiger partial charge in [0.2, 0.25) is 6.79 Å². The molecule has 8 nitrogen and oxygen atoms in total. The number of nitro benzene ring substituents is 1. The third kappa shape index (κ3) is 2.56. The van der Waals surface area contributed by atoms with Crippen molar-refractivity contribution in [1.29, 1.82) is 0 Å². The number of hydrogen-bond donors (Lipinski definition) is 0. The molecule has 0 radical (unpaired) electrons. The first kappa shape index (κ1) is 15.7. The molecule has 0 bridgehead atoms. The van der Waals surface area contributed by atoms with E-state index >= 15 is 0 Å². The van der Waals surface area contributed by atoms with E-state index in [1.54, 1.807) is 12.1 Å². The molecule has 2 aromatic carbocycles. The Morgan fingerprint density at radius 3 is 2.68 bits per heavy atom. The summed E-state index contributed by atoms with van der Waals surface area (Å²) >= 11 is 0. The maximum absolute atomic E-state index is 13.1. The molecule has 0 aromatic heterocycles. The molecule has 0 unspecified atom stereocenters. The summed E-state index contributed by atoms with van der Waals surface area (Å²) in [7, 11) is -3.86. The molecular weight excluding hydrogens is 348 g/mol. The number of nitro groups is 1. The van der Waals surface area contributed by atoms with Gasteiger partial charge >= 0.3 is 0 Å². The highest BCUT2D eigenvalue weighted by Gasteiger charge is 2.31. The van der Waals surface area contributed by atoms with Crippen molar-refractivity contribution in [3.63, 3.8) is 0 Å². The summed E-state index contributed by atoms with van der Waals surface area (Å²) in [5.41, 5.74) is 1.01. The summed E-state index contributed by atoms with van der Waals surface area (Å²) in [5, 5.41) is 11.0. The van der Waals surface area contributed by atoms with Gasteiger partial charge in [0, 0.05) is 24.7 Å². The van der Waals surface area contributed by atoms with Crippen LogP contribution in [-0.2, 0) is 16.4 Å². The van der Waals surface area contributed by atoms with Crippen LogP contribution in [0.4, 0.5) is 11.4 Å². The largest absolute Gasteiger partial charge is 0.454 e. The van der Waals surface area contributed by atoms with Crippen LogP contribution in [0.2, 0.25) is 0 Å². The van der Waals surface area contributed by atoms with Gasteiger partial charge in [-0.1, -0.05) is 6.07 Å². The fourth-order valence-electron chi connectivity index (χ4n) is 3.06. The van der Waals surface area contributed by atoms with Gasteiger partial charge in [-0.25, -0.2) is 8.42 Å². The first-order chi connectivity index (χ1) is 12.0. The van der Waals surface area contributed by atoms with Crippen LogP contribution in [0.3, 0.4) is 0 Å². The zero-order valence-corrected chi connectivity index (χ0v) is 13.9. The Morgan fingerprint density at radius 1 is 1.08 bits per heavy atom. The Kier molecular flexibility index (Phi) is 3.53. The molecule has 130 valence electrons. The van der Waals surface area contributed by atoms with Crippen LogP contribution in [0.5, 0.6) is 11.5 Å². The quantitative estimate of drug-likeness (QED) is 0.614. The van der Waals surface area contributed by atoms with Crippen molar-refractivity contribution in [2.45, 2.75) is 17.7 Å². The molecule has 0 saturated heterocycles. The monoisotopic (exact) mass is 362 g/mol. The third-order valence-corrected chi connectivity index (χ3v) is 6.10. The molecule has 0 fully saturated rings. The van der Waals surface area contributed by atoms with Crippen LogP contribution in [0.15, 0.2) is 41.3 Å². The normalized spacial score (nSPS) is 15.8. The van der Waals surface area contributed by atoms with Crippen molar-refractivity contribution < 1.29 is 22.8 Å². The predicted molar refractivity (Wildman–Crippen MR) is 88.5 cm³/mol. The average Bonchev–Trinajstić information content (AvgIpc) is 3.08. The molecule has 0 saturated carbocycles. The molecule has 0 amide bonds. The second-order valence-electron chi connectivity index (χ2n) is 5.77. The maximum atomic E-state index is 13.1. The highest BCUT2D eigenvalue weighted by Crippen LogP contribution is 2.38. The number of non-ortho nitro benzene ring substituents is 1. The second kappa shape index (κ2) is 5.62. The predicted octanol–water partition coefficient (Wildman–Crippen LogP) is 2.47. The van der Waals surface area contributed by atoms with Crippen molar-refractivity contribution in [1.82, 2.24) is 0 Å². The van der Waals surface area contributed by atoms with Gasteiger partial charge in [-0.15, -0.1) is 0 Å². The second-order valence-corrected chi connectivity index (χ2v) is 7.63. The Balaban J connectivity index is 1.80. The molecule has 2 heterocycles. The lowest BCUT2D eigenvalue weighted by molar-refractivity contribution is -0.384. The van der Waals surface area contributed by atoms with Gasteiger partial charge in [0.25, 0.3) is 15.7 Å². The van der Waals surface area contributed by atoms with Crippen LogP contribution >= 0.6 is 0 Å². The topological polar surface area (TPSA) is 99.0 Å². The van der Waals surface area contributed by atoms with Gasteiger partial charge < -0.3 is 9.47 Å². The van der Waals surface area contributed by atoms with Gasteiger partial charge in [-0.3, -0.25) is 14.4 Å². The van der Waals surface area contributed by atoms with Gasteiger partial charge in [0.1, 0.15) is 0 Å². The highest BCUT2D eigenvalue weighted by atomic mass is 32.2. The van der Waals surface area contributed by atoms with E-state index in [0.717, 1.165) is 5.56 Å². The summed E-state index contributed by atoms with van der Waals surface area (Å²) in [6.45, 7) is 0.322. The zero-order chi connectivity index (χ0) is 17.6. The minimum absolute atomic E-state index is 0.0532. The van der Waals surface area contributed by atoms with Gasteiger partial charge in [0.15, 0.2) is 11.5 Å². The summed E-state index contributed by atoms with van der Waals surface area (Å²) in [4.78, 5) is 10.6. The summed E-state index contributed by atoms with van der Waals surface area (Å²) < 4.78 is 37.9. The number of anilines is 1. The number of fused-ring (bicyclic) bond motifs is 2. The molecule has 2 aliphatic heterocycles. The lowest BCUT2D eigenvalue weighted by Crippen LogP contribution is -2.35. The van der Waals surface area contributed by atoms with Crippen molar-refractivity contribution in [2.24, 2.45) is 0 Å². The summed E-state index contributed by atoms with van der Waals surface area (Å²) in [5.74, 6) is 0.867. The highest BCUT2D eigenvalue weighted by molar-refractivity contribution is 7.92. The summed E-state index contributed by atoms with van der Waals surface area (Å²) in [6, 6.07) is 8.76. The number of benzene rings is 2. The number of aryl methyl sites for hydroxylation is 1. The Hall–Kier alpha value is -2.81. The van der Waals surface area contributed by atoms with E-state index < -0.39 is 14.9 Å². The molecule has 2 aliphatic rings. The fourth-order valence-corrected chi connectivity index (χ4v) is 4.61. The average molecular weight is 362 g/mol. The fraction of sp³-hybridized carbons (Fsp3) is 0.250. The standard InChI is InChI=1S/C16H14N2O6S/c19-18(20)12-4-3-11-2-1-7-17(14(11)8-12)25(21,22)13-5-6-15-16(9-13)24-10-23-15/h3-6,8-9H,1-2,7,10H2. The molecule has 0 atom stereocenters. The van der Waals surface area contributed by atoms with Crippen molar-refractivity contribution in [3.05, 3.63) is 52.1 Å². The zero-order valence-electron chi connectivity index (χ0n) is 13.0. The molecule has 2 aromatic rings. The van der Waals surface area contributed by atoms with E-state index in [1.165, 1.54) is 28.6 Å². The van der Waals surface area contributed by atoms with Crippen LogP contribution in [-0.4, -0.2) is 26.7 Å². The molecule has 4 rings (SSSR count). The van der Waals surface area contributed by atoms with E-state index in [4.69, 9.17) is 9.47 Å². The maximum Gasteiger partial charge on any atom is 0.271 e. The lowest BCUT2D eigenvalue weighted by atomic mass is 10.0. The van der Waals surface area contributed by atoms with Gasteiger partial charge in [0.05, 0.1) is 15.5 Å². The molecule has 25 heavy (non-hydrogen) atoms. The first-order valence-corrected chi connectivity index (χ1v) is 9.10. The SMILES string of the molecule is O=[N+]([O-])c1ccc2c(c1)N(S(=O)(=O)c1ccc3c(c1)OCO3)CCC2. The van der Waals surface area contributed by atoms with E-state index in [9.17, 15) is 18.5 Å². The van der Waals surface area contributed by atoms with E-state index in [-0.39, 0.29) is 23.9 Å². The van der Waals surface area contributed by atoms with Crippen LogP contribution in [0, 0.1) is 10.1 Å². The Morgan fingerprint density at radius 2 is 1.88 bits per heavy atom. The van der Waals surface area contributed by atoms with E-state index in [2.05, 4.69) is 0 Å². The number of ether oxygens (including phenoxy) is 2. The third-order valence-electron chi connectivity index (χ3n) is 4.29. The van der Waals surface area contributed by atoms with Crippen molar-refractivity contribution in [3.8, 4) is 11.5 Å². The van der Waals surface area contributed by atoms with Gasteiger partial charge in [-0.2, -0.15) is 0 Å². The smallest absolute Gasteiger partial charge is 0.271 e. The van der Waals surface area contributed by atoms with Crippen LogP contribution in [0.25, 0.3) is 0 Å². The minimum Gasteiger partial charge on any atom is -0.454 e. The van der Waals surface area contributed by atoms with Crippen molar-refractivity contribution in [2.75, 3.05) is 17.6 Å². The van der Waals surface area contributed by atoms with Crippen molar-refractivity contribution >= 4 is 21.4 Å². The first-order valence-electron chi connectivity index (χ1n) is 7.66. The number of sulfonamides is 1. The molecule has 9 heteroatoms. The van der Waals surface area contributed by atoms with Gasteiger partial charge in [-0.05, 0) is 30.5 Å². The molecular formula is C16H14N2O6S. The number of nitrogens with zero attached hydrogens (tertiary/aromatic N) is 2. The molecule has 0 N–H and O–H groups in total. The van der Waals surface area contributed by atoms with E-state index in [1.807, 2.05) is 0 Å². The number of hydrogen-bond acceptors (Lipinski definition) is 6.